The minimum Gasteiger partial charge on any atom is -0.345 e. The number of piperazine rings is 1. The normalized spacial score (nSPS) is 26.6. The van der Waals surface area contributed by atoms with Crippen LogP contribution in [0.15, 0.2) is 24.3 Å². The van der Waals surface area contributed by atoms with Gasteiger partial charge >= 0.3 is 0 Å². The van der Waals surface area contributed by atoms with Crippen molar-refractivity contribution in [2.45, 2.75) is 38.8 Å². The summed E-state index contributed by atoms with van der Waals surface area (Å²) in [5.41, 5.74) is 1.57. The van der Waals surface area contributed by atoms with Crippen molar-refractivity contribution in [1.82, 2.24) is 10.2 Å². The topological polar surface area (TPSA) is 49.4 Å². The number of benzene rings is 1. The van der Waals surface area contributed by atoms with Crippen LogP contribution in [-0.2, 0) is 16.1 Å². The zero-order chi connectivity index (χ0) is 14.3. The highest BCUT2D eigenvalue weighted by Crippen LogP contribution is 2.44. The molecule has 0 spiro atoms. The van der Waals surface area contributed by atoms with E-state index >= 15 is 0 Å². The van der Waals surface area contributed by atoms with Gasteiger partial charge in [0.25, 0.3) is 0 Å². The van der Waals surface area contributed by atoms with E-state index in [1.807, 2.05) is 32.0 Å². The van der Waals surface area contributed by atoms with Crippen LogP contribution in [0.5, 0.6) is 0 Å². The molecule has 2 aliphatic rings. The number of nitrogens with one attached hydrogen (secondary N) is 1. The van der Waals surface area contributed by atoms with E-state index in [1.54, 1.807) is 4.90 Å². The second-order valence-corrected chi connectivity index (χ2v) is 6.07. The lowest BCUT2D eigenvalue weighted by atomic mass is 9.89. The van der Waals surface area contributed by atoms with Crippen LogP contribution in [0.25, 0.3) is 0 Å². The summed E-state index contributed by atoms with van der Waals surface area (Å²) in [4.78, 5) is 26.4. The first kappa shape index (κ1) is 13.2. The summed E-state index contributed by atoms with van der Waals surface area (Å²) in [6.07, 6.45) is 2.06. The molecule has 1 N–H and O–H groups in total. The largest absolute Gasteiger partial charge is 0.345 e. The summed E-state index contributed by atoms with van der Waals surface area (Å²) >= 11 is 0. The lowest BCUT2D eigenvalue weighted by Crippen LogP contribution is -2.66. The molecule has 1 saturated heterocycles. The number of hydrogen-bond donors (Lipinski definition) is 1. The standard InChI is InChI=1S/C16H20N2O2/c1-11-4-3-5-12(8-11)10-18-14(19)9-17-15(20)16(18,2)13-6-7-13/h3-5,8,13H,6-7,9-10H2,1-2H3,(H,17,20). The summed E-state index contributed by atoms with van der Waals surface area (Å²) in [6, 6.07) is 8.12. The van der Waals surface area contributed by atoms with Crippen molar-refractivity contribution in [3.63, 3.8) is 0 Å². The maximum atomic E-state index is 12.3. The minimum atomic E-state index is -0.681. The molecule has 0 bridgehead atoms. The summed E-state index contributed by atoms with van der Waals surface area (Å²) in [6.45, 7) is 4.58. The van der Waals surface area contributed by atoms with Crippen LogP contribution in [0.3, 0.4) is 0 Å². The molecule has 2 fully saturated rings. The number of carbonyl (C=O) groups excluding carboxylic acids is 2. The molecule has 1 heterocycles. The third kappa shape index (κ3) is 2.09. The van der Waals surface area contributed by atoms with E-state index in [0.29, 0.717) is 12.5 Å². The van der Waals surface area contributed by atoms with E-state index in [2.05, 4.69) is 11.4 Å². The molecular formula is C16H20N2O2. The minimum absolute atomic E-state index is 0.00717. The fourth-order valence-electron chi connectivity index (χ4n) is 3.11. The molecule has 1 atom stereocenters. The van der Waals surface area contributed by atoms with E-state index in [4.69, 9.17) is 0 Å². The molecule has 1 saturated carbocycles. The molecule has 0 aromatic heterocycles. The number of hydrogen-bond acceptors (Lipinski definition) is 2. The molecule has 1 aromatic rings. The molecule has 1 aliphatic heterocycles. The molecule has 2 amide bonds. The zero-order valence-electron chi connectivity index (χ0n) is 12.0. The molecule has 106 valence electrons. The third-order valence-corrected chi connectivity index (χ3v) is 4.52. The Bertz CT molecular complexity index is 565. The van der Waals surface area contributed by atoms with Gasteiger partial charge in [-0.25, -0.2) is 0 Å². The van der Waals surface area contributed by atoms with Crippen molar-refractivity contribution in [2.75, 3.05) is 6.54 Å². The van der Waals surface area contributed by atoms with Crippen LogP contribution in [0.2, 0.25) is 0 Å². The first-order chi connectivity index (χ1) is 9.51. The lowest BCUT2D eigenvalue weighted by molar-refractivity contribution is -0.155. The average Bonchev–Trinajstić information content (AvgIpc) is 3.24. The van der Waals surface area contributed by atoms with Crippen LogP contribution in [-0.4, -0.2) is 28.8 Å². The number of aryl methyl sites for hydroxylation is 1. The Morgan fingerprint density at radius 1 is 1.35 bits per heavy atom. The Kier molecular flexibility index (Phi) is 3.04. The molecule has 1 unspecified atom stereocenters. The van der Waals surface area contributed by atoms with Crippen LogP contribution in [0.1, 0.15) is 30.9 Å². The van der Waals surface area contributed by atoms with E-state index in [0.717, 1.165) is 18.4 Å². The summed E-state index contributed by atoms with van der Waals surface area (Å²) in [7, 11) is 0. The average molecular weight is 272 g/mol. The van der Waals surface area contributed by atoms with Crippen molar-refractivity contribution in [1.29, 1.82) is 0 Å². The SMILES string of the molecule is Cc1cccc(CN2C(=O)CNC(=O)C2(C)C2CC2)c1. The van der Waals surface area contributed by atoms with E-state index in [1.165, 1.54) is 5.56 Å². The summed E-state index contributed by atoms with van der Waals surface area (Å²) in [5.74, 6) is 0.310. The predicted octanol–water partition coefficient (Wildman–Crippen LogP) is 1.62. The van der Waals surface area contributed by atoms with Gasteiger partial charge in [-0.1, -0.05) is 29.8 Å². The van der Waals surface area contributed by atoms with Crippen molar-refractivity contribution in [3.05, 3.63) is 35.4 Å². The van der Waals surface area contributed by atoms with Gasteiger partial charge in [0.15, 0.2) is 0 Å². The molecule has 1 aromatic carbocycles. The maximum Gasteiger partial charge on any atom is 0.246 e. The number of rotatable bonds is 3. The van der Waals surface area contributed by atoms with Gasteiger partial charge in [0.2, 0.25) is 11.8 Å². The number of amides is 2. The summed E-state index contributed by atoms with van der Waals surface area (Å²) in [5, 5.41) is 2.74. The van der Waals surface area contributed by atoms with Crippen molar-refractivity contribution in [3.8, 4) is 0 Å². The highest BCUT2D eigenvalue weighted by atomic mass is 16.2. The number of nitrogens with zero attached hydrogens (tertiary/aromatic N) is 1. The third-order valence-electron chi connectivity index (χ3n) is 4.52. The van der Waals surface area contributed by atoms with Gasteiger partial charge in [0.1, 0.15) is 5.54 Å². The monoisotopic (exact) mass is 272 g/mol. The molecular weight excluding hydrogens is 252 g/mol. The van der Waals surface area contributed by atoms with Gasteiger partial charge in [0, 0.05) is 6.54 Å². The van der Waals surface area contributed by atoms with Gasteiger partial charge in [0.05, 0.1) is 6.54 Å². The lowest BCUT2D eigenvalue weighted by Gasteiger charge is -2.44. The second-order valence-electron chi connectivity index (χ2n) is 6.07. The molecule has 4 heteroatoms. The van der Waals surface area contributed by atoms with E-state index in [-0.39, 0.29) is 18.4 Å². The van der Waals surface area contributed by atoms with Crippen LogP contribution in [0, 0.1) is 12.8 Å². The van der Waals surface area contributed by atoms with Crippen LogP contribution in [0.4, 0.5) is 0 Å². The maximum absolute atomic E-state index is 12.3. The Balaban J connectivity index is 1.91. The second kappa shape index (κ2) is 4.62. The van der Waals surface area contributed by atoms with Crippen molar-refractivity contribution < 1.29 is 9.59 Å². The smallest absolute Gasteiger partial charge is 0.246 e. The molecule has 3 rings (SSSR count). The molecule has 20 heavy (non-hydrogen) atoms. The number of carbonyl (C=O) groups is 2. The fourth-order valence-corrected chi connectivity index (χ4v) is 3.11. The zero-order valence-corrected chi connectivity index (χ0v) is 12.0. The molecule has 0 radical (unpaired) electrons. The van der Waals surface area contributed by atoms with Gasteiger partial charge in [-0.05, 0) is 38.2 Å². The summed E-state index contributed by atoms with van der Waals surface area (Å²) < 4.78 is 0. The highest BCUT2D eigenvalue weighted by Gasteiger charge is 2.54. The molecule has 4 nitrogen and oxygen atoms in total. The Labute approximate surface area is 119 Å². The fraction of sp³-hybridized carbons (Fsp3) is 0.500. The first-order valence-electron chi connectivity index (χ1n) is 7.16. The van der Waals surface area contributed by atoms with Crippen molar-refractivity contribution in [2.24, 2.45) is 5.92 Å². The Morgan fingerprint density at radius 2 is 2.10 bits per heavy atom. The predicted molar refractivity (Wildman–Crippen MR) is 75.9 cm³/mol. The quantitative estimate of drug-likeness (QED) is 0.909. The van der Waals surface area contributed by atoms with Gasteiger partial charge < -0.3 is 10.2 Å². The Hall–Kier alpha value is -1.84. The van der Waals surface area contributed by atoms with Crippen LogP contribution >= 0.6 is 0 Å². The van der Waals surface area contributed by atoms with Gasteiger partial charge in [-0.15, -0.1) is 0 Å². The van der Waals surface area contributed by atoms with E-state index in [9.17, 15) is 9.59 Å². The highest BCUT2D eigenvalue weighted by molar-refractivity contribution is 5.98. The Morgan fingerprint density at radius 3 is 2.75 bits per heavy atom. The van der Waals surface area contributed by atoms with Gasteiger partial charge in [-0.3, -0.25) is 9.59 Å². The first-order valence-corrected chi connectivity index (χ1v) is 7.16. The van der Waals surface area contributed by atoms with Crippen LogP contribution < -0.4 is 5.32 Å². The van der Waals surface area contributed by atoms with E-state index < -0.39 is 5.54 Å². The van der Waals surface area contributed by atoms with Crippen molar-refractivity contribution >= 4 is 11.8 Å². The van der Waals surface area contributed by atoms with Gasteiger partial charge in [-0.2, -0.15) is 0 Å². The molecule has 1 aliphatic carbocycles.